The third-order valence-electron chi connectivity index (χ3n) is 11.2. The van der Waals surface area contributed by atoms with E-state index in [0.717, 1.165) is 18.4 Å². The van der Waals surface area contributed by atoms with Crippen LogP contribution in [0.3, 0.4) is 0 Å². The third kappa shape index (κ3) is 4.84. The first-order valence-corrected chi connectivity index (χ1v) is 15.3. The predicted molar refractivity (Wildman–Crippen MR) is 161 cm³/mol. The van der Waals surface area contributed by atoms with E-state index >= 15 is 4.39 Å². The Labute approximate surface area is 231 Å². The van der Waals surface area contributed by atoms with Gasteiger partial charge in [-0.1, -0.05) is 91.6 Å². The number of halogens is 1. The normalized spacial score (nSPS) is 30.1. The van der Waals surface area contributed by atoms with Crippen molar-refractivity contribution in [1.29, 1.82) is 0 Å². The molecule has 4 unspecified atom stereocenters. The third-order valence-corrected chi connectivity index (χ3v) is 11.2. The van der Waals surface area contributed by atoms with E-state index in [1.807, 2.05) is 6.92 Å². The summed E-state index contributed by atoms with van der Waals surface area (Å²) in [6.07, 6.45) is 11.0. The Kier molecular flexibility index (Phi) is 7.53. The lowest BCUT2D eigenvalue weighted by molar-refractivity contribution is 0.0880. The maximum atomic E-state index is 15.5. The van der Waals surface area contributed by atoms with Crippen LogP contribution >= 0.6 is 0 Å². The Morgan fingerprint density at radius 2 is 1.58 bits per heavy atom. The highest BCUT2D eigenvalue weighted by Crippen LogP contribution is 2.54. The molecule has 1 saturated carbocycles. The summed E-state index contributed by atoms with van der Waals surface area (Å²) in [6.45, 7) is 13.8. The molecular formula is C37H49F. The van der Waals surface area contributed by atoms with E-state index in [2.05, 4.69) is 89.2 Å². The Morgan fingerprint density at radius 3 is 2.29 bits per heavy atom. The zero-order chi connectivity index (χ0) is 27.1. The molecule has 3 aliphatic rings. The highest BCUT2D eigenvalue weighted by atomic mass is 19.1. The SMILES string of the molecule is CC1=C(C)C(CCCC(C)(C)c2ccc(C3C(C)=C(C)C4(F)CCCC3C4)cc2)(c2ccccc2)CCC1. The molecular weight excluding hydrogens is 463 g/mol. The summed E-state index contributed by atoms with van der Waals surface area (Å²) in [5, 5.41) is 0. The first-order chi connectivity index (χ1) is 18.1. The summed E-state index contributed by atoms with van der Waals surface area (Å²) in [7, 11) is 0. The summed E-state index contributed by atoms with van der Waals surface area (Å²) in [4.78, 5) is 0. The first-order valence-electron chi connectivity index (χ1n) is 15.3. The Hall–Kier alpha value is -2.15. The van der Waals surface area contributed by atoms with Crippen LogP contribution in [-0.4, -0.2) is 5.67 Å². The molecule has 204 valence electrons. The van der Waals surface area contributed by atoms with Gasteiger partial charge in [-0.15, -0.1) is 0 Å². The van der Waals surface area contributed by atoms with Crippen LogP contribution in [0.2, 0.25) is 0 Å². The van der Waals surface area contributed by atoms with Crippen molar-refractivity contribution in [2.75, 3.05) is 0 Å². The van der Waals surface area contributed by atoms with Crippen molar-refractivity contribution in [2.24, 2.45) is 5.92 Å². The van der Waals surface area contributed by atoms with E-state index in [1.165, 1.54) is 60.8 Å². The summed E-state index contributed by atoms with van der Waals surface area (Å²) in [5.74, 6) is 0.826. The predicted octanol–water partition coefficient (Wildman–Crippen LogP) is 10.9. The molecule has 4 atom stereocenters. The van der Waals surface area contributed by atoms with Gasteiger partial charge in [-0.25, -0.2) is 4.39 Å². The van der Waals surface area contributed by atoms with Crippen LogP contribution in [0.4, 0.5) is 4.39 Å². The molecule has 1 heteroatoms. The lowest BCUT2D eigenvalue weighted by Gasteiger charge is -2.46. The summed E-state index contributed by atoms with van der Waals surface area (Å²) >= 11 is 0. The number of benzene rings is 2. The van der Waals surface area contributed by atoms with Gasteiger partial charge in [0.05, 0.1) is 0 Å². The fourth-order valence-corrected chi connectivity index (χ4v) is 8.48. The largest absolute Gasteiger partial charge is 0.239 e. The van der Waals surface area contributed by atoms with E-state index in [-0.39, 0.29) is 10.8 Å². The minimum atomic E-state index is -1.05. The molecule has 0 aromatic heterocycles. The lowest BCUT2D eigenvalue weighted by Crippen LogP contribution is -2.40. The molecule has 2 aromatic carbocycles. The second-order valence-electron chi connectivity index (χ2n) is 13.7. The van der Waals surface area contributed by atoms with Gasteiger partial charge in [-0.3, -0.25) is 0 Å². The van der Waals surface area contributed by atoms with Gasteiger partial charge in [0.25, 0.3) is 0 Å². The maximum Gasteiger partial charge on any atom is 0.132 e. The first kappa shape index (κ1) is 27.4. The number of hydrogen-bond donors (Lipinski definition) is 0. The molecule has 2 bridgehead atoms. The highest BCUT2D eigenvalue weighted by Gasteiger charge is 2.46. The Bertz CT molecular complexity index is 1200. The molecule has 3 aliphatic carbocycles. The number of hydrogen-bond acceptors (Lipinski definition) is 0. The van der Waals surface area contributed by atoms with Gasteiger partial charge in [0, 0.05) is 11.3 Å². The Balaban J connectivity index is 1.32. The van der Waals surface area contributed by atoms with E-state index in [4.69, 9.17) is 0 Å². The standard InChI is InChI=1S/C37H49F/c1-26-13-10-22-36(28(26)3,33-15-8-7-9-16-33)23-12-21-35(5,6)32-19-17-30(18-20-32)34-27(2)29(4)37(38)24-11-14-31(34)25-37/h7-9,15-20,31,34H,10-14,21-25H2,1-6H3. The van der Waals surface area contributed by atoms with Crippen LogP contribution in [-0.2, 0) is 10.8 Å². The number of fused-ring (bicyclic) bond motifs is 2. The minimum absolute atomic E-state index is 0.129. The summed E-state index contributed by atoms with van der Waals surface area (Å²) < 4.78 is 15.5. The van der Waals surface area contributed by atoms with Crippen LogP contribution in [0.15, 0.2) is 76.9 Å². The van der Waals surface area contributed by atoms with E-state index in [9.17, 15) is 0 Å². The molecule has 0 saturated heterocycles. The average Bonchev–Trinajstić information content (AvgIpc) is 2.91. The molecule has 2 aromatic rings. The number of rotatable bonds is 7. The Morgan fingerprint density at radius 1 is 0.868 bits per heavy atom. The van der Waals surface area contributed by atoms with Gasteiger partial charge >= 0.3 is 0 Å². The fourth-order valence-electron chi connectivity index (χ4n) is 8.48. The fraction of sp³-hybridized carbons (Fsp3) is 0.568. The van der Waals surface area contributed by atoms with Gasteiger partial charge in [-0.05, 0) is 119 Å². The summed E-state index contributed by atoms with van der Waals surface area (Å²) in [6, 6.07) is 20.8. The van der Waals surface area contributed by atoms with Crippen molar-refractivity contribution in [3.63, 3.8) is 0 Å². The zero-order valence-electron chi connectivity index (χ0n) is 24.8. The van der Waals surface area contributed by atoms with Gasteiger partial charge in [0.15, 0.2) is 0 Å². The molecule has 0 radical (unpaired) electrons. The van der Waals surface area contributed by atoms with Crippen LogP contribution < -0.4 is 0 Å². The second-order valence-corrected chi connectivity index (χ2v) is 13.7. The molecule has 5 rings (SSSR count). The smallest absolute Gasteiger partial charge is 0.132 e. The van der Waals surface area contributed by atoms with Crippen molar-refractivity contribution in [3.05, 3.63) is 93.6 Å². The van der Waals surface area contributed by atoms with Gasteiger partial charge < -0.3 is 0 Å². The molecule has 1 fully saturated rings. The van der Waals surface area contributed by atoms with Crippen LogP contribution in [0, 0.1) is 5.92 Å². The molecule has 0 N–H and O–H groups in total. The molecule has 38 heavy (non-hydrogen) atoms. The van der Waals surface area contributed by atoms with Crippen molar-refractivity contribution in [1.82, 2.24) is 0 Å². The maximum absolute atomic E-state index is 15.5. The van der Waals surface area contributed by atoms with Gasteiger partial charge in [0.2, 0.25) is 0 Å². The molecule has 0 spiro atoms. The van der Waals surface area contributed by atoms with E-state index in [0.29, 0.717) is 24.7 Å². The molecule has 0 amide bonds. The van der Waals surface area contributed by atoms with Crippen LogP contribution in [0.25, 0.3) is 0 Å². The van der Waals surface area contributed by atoms with Crippen molar-refractivity contribution >= 4 is 0 Å². The molecule has 0 aliphatic heterocycles. The number of alkyl halides is 1. The lowest BCUT2D eigenvalue weighted by atomic mass is 9.61. The van der Waals surface area contributed by atoms with Crippen LogP contribution in [0.5, 0.6) is 0 Å². The zero-order valence-corrected chi connectivity index (χ0v) is 24.8. The number of allylic oxidation sites excluding steroid dienone is 4. The van der Waals surface area contributed by atoms with Gasteiger partial charge in [-0.2, -0.15) is 0 Å². The molecule has 0 heterocycles. The summed E-state index contributed by atoms with van der Waals surface area (Å²) in [5.41, 5.74) is 9.10. The quantitative estimate of drug-likeness (QED) is 0.324. The van der Waals surface area contributed by atoms with E-state index in [1.54, 1.807) is 11.1 Å². The van der Waals surface area contributed by atoms with Crippen molar-refractivity contribution in [3.8, 4) is 0 Å². The average molecular weight is 513 g/mol. The van der Waals surface area contributed by atoms with Crippen molar-refractivity contribution in [2.45, 2.75) is 128 Å². The molecule has 0 nitrogen and oxygen atoms in total. The van der Waals surface area contributed by atoms with E-state index < -0.39 is 5.67 Å². The van der Waals surface area contributed by atoms with Gasteiger partial charge in [0.1, 0.15) is 5.67 Å². The van der Waals surface area contributed by atoms with Crippen LogP contribution in [0.1, 0.15) is 128 Å². The topological polar surface area (TPSA) is 0 Å². The monoisotopic (exact) mass is 512 g/mol. The highest BCUT2D eigenvalue weighted by molar-refractivity contribution is 5.41. The van der Waals surface area contributed by atoms with Crippen molar-refractivity contribution < 1.29 is 4.39 Å². The second kappa shape index (κ2) is 10.4. The minimum Gasteiger partial charge on any atom is -0.239 e.